The van der Waals surface area contributed by atoms with Gasteiger partial charge in [0.05, 0.1) is 4.90 Å². The predicted octanol–water partition coefficient (Wildman–Crippen LogP) is 2.42. The fourth-order valence-electron chi connectivity index (χ4n) is 1.93. The van der Waals surface area contributed by atoms with Crippen molar-refractivity contribution in [2.45, 2.75) is 35.0 Å². The third kappa shape index (κ3) is 3.05. The molecule has 1 aliphatic rings. The lowest BCUT2D eigenvalue weighted by molar-refractivity contribution is 0.556. The van der Waals surface area contributed by atoms with Crippen LogP contribution in [0.3, 0.4) is 0 Å². The monoisotopic (exact) mass is 321 g/mol. The molecule has 1 aromatic carbocycles. The van der Waals surface area contributed by atoms with E-state index in [1.807, 2.05) is 0 Å². The van der Waals surface area contributed by atoms with E-state index in [1.165, 1.54) is 12.1 Å². The summed E-state index contributed by atoms with van der Waals surface area (Å²) in [5.41, 5.74) is 0. The molecule has 0 spiro atoms. The summed E-state index contributed by atoms with van der Waals surface area (Å²) in [6, 6.07) is 4.76. The van der Waals surface area contributed by atoms with Crippen molar-refractivity contribution in [1.29, 1.82) is 0 Å². The van der Waals surface area contributed by atoms with Gasteiger partial charge in [-0.15, -0.1) is 0 Å². The van der Waals surface area contributed by atoms with Crippen molar-refractivity contribution >= 4 is 26.0 Å². The molecule has 0 bridgehead atoms. The van der Waals surface area contributed by atoms with Crippen LogP contribution in [0.25, 0.3) is 0 Å². The Bertz CT molecular complexity index is 489. The minimum absolute atomic E-state index is 0.0787. The van der Waals surface area contributed by atoms with Gasteiger partial charge in [0.2, 0.25) is 10.0 Å². The van der Waals surface area contributed by atoms with Crippen LogP contribution in [-0.2, 0) is 10.0 Å². The molecule has 94 valence electrons. The number of sulfonamides is 1. The fourth-order valence-corrected chi connectivity index (χ4v) is 4.13. The normalized spacial score (nSPS) is 25.1. The number of hydrogen-bond donors (Lipinski definition) is 1. The number of rotatable bonds is 3. The van der Waals surface area contributed by atoms with Crippen molar-refractivity contribution < 1.29 is 12.8 Å². The molecule has 1 aliphatic carbocycles. The van der Waals surface area contributed by atoms with Crippen LogP contribution < -0.4 is 4.72 Å². The molecule has 0 heterocycles. The second-order valence-electron chi connectivity index (χ2n) is 4.13. The van der Waals surface area contributed by atoms with Gasteiger partial charge in [-0.2, -0.15) is 0 Å². The summed E-state index contributed by atoms with van der Waals surface area (Å²) in [7, 11) is -3.54. The van der Waals surface area contributed by atoms with Gasteiger partial charge in [0.25, 0.3) is 0 Å². The maximum Gasteiger partial charge on any atom is 0.240 e. The zero-order valence-electron chi connectivity index (χ0n) is 9.07. The highest BCUT2D eigenvalue weighted by Crippen LogP contribution is 2.27. The molecule has 0 radical (unpaired) electrons. The number of halogens is 2. The van der Waals surface area contributed by atoms with E-state index in [0.717, 1.165) is 31.4 Å². The van der Waals surface area contributed by atoms with Crippen molar-refractivity contribution in [1.82, 2.24) is 4.72 Å². The first-order valence-corrected chi connectivity index (χ1v) is 7.81. The number of alkyl halides is 1. The molecule has 0 saturated heterocycles. The van der Waals surface area contributed by atoms with Crippen LogP contribution in [0, 0.1) is 5.82 Å². The average molecular weight is 322 g/mol. The van der Waals surface area contributed by atoms with Crippen LogP contribution >= 0.6 is 15.9 Å². The molecule has 0 aromatic heterocycles. The first-order valence-electron chi connectivity index (χ1n) is 5.41. The first kappa shape index (κ1) is 13.0. The quantitative estimate of drug-likeness (QED) is 0.869. The molecular formula is C11H13BrFNO2S. The van der Waals surface area contributed by atoms with Crippen LogP contribution in [0.15, 0.2) is 29.2 Å². The molecule has 6 heteroatoms. The smallest absolute Gasteiger partial charge is 0.207 e. The molecule has 0 amide bonds. The van der Waals surface area contributed by atoms with E-state index in [4.69, 9.17) is 0 Å². The average Bonchev–Trinajstić information content (AvgIpc) is 2.64. The summed E-state index contributed by atoms with van der Waals surface area (Å²) < 4.78 is 39.3. The SMILES string of the molecule is O=S(=O)(NC1CCCC1Br)c1ccc(F)cc1. The largest absolute Gasteiger partial charge is 0.240 e. The Morgan fingerprint density at radius 2 is 1.88 bits per heavy atom. The lowest BCUT2D eigenvalue weighted by Gasteiger charge is -2.16. The fraction of sp³-hybridized carbons (Fsp3) is 0.455. The van der Waals surface area contributed by atoms with Crippen LogP contribution in [-0.4, -0.2) is 19.3 Å². The topological polar surface area (TPSA) is 46.2 Å². The molecule has 1 aromatic rings. The lowest BCUT2D eigenvalue weighted by Crippen LogP contribution is -2.37. The van der Waals surface area contributed by atoms with Crippen molar-refractivity contribution in [2.75, 3.05) is 0 Å². The summed E-state index contributed by atoms with van der Waals surface area (Å²) in [5.74, 6) is -0.441. The first-order chi connectivity index (χ1) is 7.99. The highest BCUT2D eigenvalue weighted by Gasteiger charge is 2.29. The van der Waals surface area contributed by atoms with E-state index < -0.39 is 15.8 Å². The predicted molar refractivity (Wildman–Crippen MR) is 67.1 cm³/mol. The molecular weight excluding hydrogens is 309 g/mol. The Hall–Kier alpha value is -0.460. The van der Waals surface area contributed by atoms with Gasteiger partial charge in [-0.1, -0.05) is 22.4 Å². The molecule has 0 aliphatic heterocycles. The van der Waals surface area contributed by atoms with E-state index >= 15 is 0 Å². The highest BCUT2D eigenvalue weighted by atomic mass is 79.9. The van der Waals surface area contributed by atoms with E-state index in [0.29, 0.717) is 0 Å². The third-order valence-corrected chi connectivity index (χ3v) is 5.46. The molecule has 1 fully saturated rings. The number of hydrogen-bond acceptors (Lipinski definition) is 2. The van der Waals surface area contributed by atoms with Crippen molar-refractivity contribution in [3.8, 4) is 0 Å². The third-order valence-electron chi connectivity index (χ3n) is 2.86. The van der Waals surface area contributed by atoms with Gasteiger partial charge in [0.15, 0.2) is 0 Å². The molecule has 2 unspecified atom stereocenters. The zero-order chi connectivity index (χ0) is 12.5. The molecule has 2 atom stereocenters. The van der Waals surface area contributed by atoms with Crippen LogP contribution in [0.4, 0.5) is 4.39 Å². The van der Waals surface area contributed by atoms with Gasteiger partial charge in [-0.25, -0.2) is 17.5 Å². The summed E-state index contributed by atoms with van der Waals surface area (Å²) >= 11 is 3.45. The molecule has 17 heavy (non-hydrogen) atoms. The summed E-state index contributed by atoms with van der Waals surface area (Å²) in [4.78, 5) is 0.281. The summed E-state index contributed by atoms with van der Waals surface area (Å²) in [6.07, 6.45) is 2.81. The van der Waals surface area contributed by atoms with Crippen molar-refractivity contribution in [3.63, 3.8) is 0 Å². The Kier molecular flexibility index (Phi) is 3.85. The van der Waals surface area contributed by atoms with Crippen LogP contribution in [0.1, 0.15) is 19.3 Å². The lowest BCUT2D eigenvalue weighted by atomic mass is 10.3. The van der Waals surface area contributed by atoms with Gasteiger partial charge in [0, 0.05) is 10.9 Å². The minimum atomic E-state index is -3.54. The second kappa shape index (κ2) is 5.04. The van der Waals surface area contributed by atoms with Crippen LogP contribution in [0.5, 0.6) is 0 Å². The minimum Gasteiger partial charge on any atom is -0.207 e. The van der Waals surface area contributed by atoms with E-state index in [2.05, 4.69) is 20.7 Å². The van der Waals surface area contributed by atoms with E-state index in [9.17, 15) is 12.8 Å². The van der Waals surface area contributed by atoms with E-state index in [-0.39, 0.29) is 15.8 Å². The standard InChI is InChI=1S/C11H13BrFNO2S/c12-10-2-1-3-11(10)14-17(15,16)9-6-4-8(13)5-7-9/h4-7,10-11,14H,1-3H2. The molecule has 1 N–H and O–H groups in total. The molecule has 2 rings (SSSR count). The van der Waals surface area contributed by atoms with Gasteiger partial charge < -0.3 is 0 Å². The Morgan fingerprint density at radius 3 is 2.41 bits per heavy atom. The van der Waals surface area contributed by atoms with Gasteiger partial charge >= 0.3 is 0 Å². The van der Waals surface area contributed by atoms with Gasteiger partial charge in [-0.05, 0) is 37.1 Å². The number of benzene rings is 1. The van der Waals surface area contributed by atoms with Crippen molar-refractivity contribution in [2.24, 2.45) is 0 Å². The Labute approximate surface area is 109 Å². The van der Waals surface area contributed by atoms with Crippen LogP contribution in [0.2, 0.25) is 0 Å². The Balaban J connectivity index is 2.16. The van der Waals surface area contributed by atoms with Gasteiger partial charge in [0.1, 0.15) is 5.82 Å². The molecule has 3 nitrogen and oxygen atoms in total. The zero-order valence-corrected chi connectivity index (χ0v) is 11.5. The van der Waals surface area contributed by atoms with E-state index in [1.54, 1.807) is 0 Å². The number of nitrogens with one attached hydrogen (secondary N) is 1. The Morgan fingerprint density at radius 1 is 1.24 bits per heavy atom. The van der Waals surface area contributed by atoms with Crippen molar-refractivity contribution in [3.05, 3.63) is 30.1 Å². The summed E-state index contributed by atoms with van der Waals surface area (Å²) in [6.45, 7) is 0. The maximum atomic E-state index is 12.7. The second-order valence-corrected chi connectivity index (χ2v) is 7.02. The highest BCUT2D eigenvalue weighted by molar-refractivity contribution is 9.09. The van der Waals surface area contributed by atoms with Gasteiger partial charge in [-0.3, -0.25) is 0 Å². The molecule has 1 saturated carbocycles. The maximum absolute atomic E-state index is 12.7. The summed E-state index contributed by atoms with van der Waals surface area (Å²) in [5, 5.41) is 0.